The van der Waals surface area contributed by atoms with Crippen molar-refractivity contribution >= 4 is 23.2 Å². The molecule has 1 N–H and O–H groups in total. The van der Waals surface area contributed by atoms with Crippen LogP contribution in [0.4, 0.5) is 0 Å². The zero-order chi connectivity index (χ0) is 14.6. The van der Waals surface area contributed by atoms with Crippen molar-refractivity contribution in [2.75, 3.05) is 0 Å². The molecule has 2 aliphatic rings. The first-order valence-corrected chi connectivity index (χ1v) is 13.2. The maximum absolute atomic E-state index is 9.90. The van der Waals surface area contributed by atoms with Crippen LogP contribution in [-0.4, -0.2) is 17.4 Å². The number of phenolic OH excluding ortho intramolecular Hbond substituents is 1. The molecule has 5 heteroatoms. The SMILES string of the molecule is Cc1cccc(C=NC2CC23CCCC3)c1O.[Cl][Zr][Cl]. The van der Waals surface area contributed by atoms with Gasteiger partial charge in [0.25, 0.3) is 0 Å². The summed E-state index contributed by atoms with van der Waals surface area (Å²) in [6.07, 6.45) is 8.59. The fourth-order valence-electron chi connectivity index (χ4n) is 3.11. The molecule has 1 atom stereocenters. The van der Waals surface area contributed by atoms with Gasteiger partial charge in [0, 0.05) is 11.8 Å². The van der Waals surface area contributed by atoms with Gasteiger partial charge in [-0.3, -0.25) is 4.99 Å². The van der Waals surface area contributed by atoms with E-state index in [9.17, 15) is 5.11 Å². The van der Waals surface area contributed by atoms with Gasteiger partial charge in [0.1, 0.15) is 5.75 Å². The van der Waals surface area contributed by atoms with Gasteiger partial charge < -0.3 is 5.11 Å². The number of rotatable bonds is 2. The van der Waals surface area contributed by atoms with Crippen LogP contribution in [0.25, 0.3) is 0 Å². The first kappa shape index (κ1) is 16.5. The first-order valence-electron chi connectivity index (χ1n) is 6.91. The molecule has 1 unspecified atom stereocenters. The van der Waals surface area contributed by atoms with Crippen molar-refractivity contribution in [1.82, 2.24) is 0 Å². The summed E-state index contributed by atoms with van der Waals surface area (Å²) in [6.45, 7) is 1.92. The quantitative estimate of drug-likeness (QED) is 0.720. The van der Waals surface area contributed by atoms with Crippen LogP contribution in [0.5, 0.6) is 5.75 Å². The third kappa shape index (κ3) is 3.87. The molecule has 2 nitrogen and oxygen atoms in total. The van der Waals surface area contributed by atoms with Gasteiger partial charge in [-0.25, -0.2) is 0 Å². The van der Waals surface area contributed by atoms with Crippen LogP contribution in [0, 0.1) is 12.3 Å². The Bertz CT molecular complexity index is 487. The van der Waals surface area contributed by atoms with Gasteiger partial charge in [-0.2, -0.15) is 0 Å². The van der Waals surface area contributed by atoms with Crippen LogP contribution in [0.1, 0.15) is 43.2 Å². The van der Waals surface area contributed by atoms with E-state index >= 15 is 0 Å². The summed E-state index contributed by atoms with van der Waals surface area (Å²) >= 11 is -0.826. The van der Waals surface area contributed by atoms with Crippen molar-refractivity contribution in [2.45, 2.75) is 45.1 Å². The van der Waals surface area contributed by atoms with E-state index in [-0.39, 0.29) is 0 Å². The van der Waals surface area contributed by atoms with E-state index in [0.717, 1.165) is 11.1 Å². The molecule has 0 saturated heterocycles. The Hall–Kier alpha value is 0.153. The van der Waals surface area contributed by atoms with Crippen molar-refractivity contribution < 1.29 is 26.0 Å². The summed E-state index contributed by atoms with van der Waals surface area (Å²) in [5, 5.41) is 9.90. The van der Waals surface area contributed by atoms with Gasteiger partial charge in [0.2, 0.25) is 0 Å². The van der Waals surface area contributed by atoms with Crippen molar-refractivity contribution in [2.24, 2.45) is 10.4 Å². The Morgan fingerprint density at radius 3 is 2.65 bits per heavy atom. The Labute approximate surface area is 139 Å². The van der Waals surface area contributed by atoms with Crippen molar-refractivity contribution in [1.29, 1.82) is 0 Å². The summed E-state index contributed by atoms with van der Waals surface area (Å²) in [6, 6.07) is 6.33. The molecule has 2 saturated carbocycles. The molecule has 0 bridgehead atoms. The van der Waals surface area contributed by atoms with Crippen LogP contribution in [0.2, 0.25) is 0 Å². The number of halogens is 2. The van der Waals surface area contributed by atoms with E-state index in [4.69, 9.17) is 17.0 Å². The molecule has 3 rings (SSSR count). The number of phenols is 1. The second-order valence-corrected chi connectivity index (χ2v) is 9.38. The van der Waals surface area contributed by atoms with Gasteiger partial charge in [-0.1, -0.05) is 25.0 Å². The minimum absolute atomic E-state index is 0.373. The second kappa shape index (κ2) is 7.43. The van der Waals surface area contributed by atoms with E-state index in [0.29, 0.717) is 17.2 Å². The molecule has 2 fully saturated rings. The van der Waals surface area contributed by atoms with Crippen LogP contribution in [0.15, 0.2) is 23.2 Å². The monoisotopic (exact) mass is 389 g/mol. The van der Waals surface area contributed by atoms with Crippen LogP contribution >= 0.6 is 17.0 Å². The normalized spacial score (nSPS) is 22.6. The van der Waals surface area contributed by atoms with Gasteiger partial charge >= 0.3 is 37.9 Å². The molecule has 0 radical (unpaired) electrons. The Balaban J connectivity index is 0.000000452. The predicted molar refractivity (Wildman–Crippen MR) is 81.4 cm³/mol. The fourth-order valence-corrected chi connectivity index (χ4v) is 3.11. The third-order valence-electron chi connectivity index (χ3n) is 4.41. The number of aliphatic imine (C=N–C) groups is 1. The van der Waals surface area contributed by atoms with E-state index in [1.54, 1.807) is 0 Å². The molecule has 1 spiro atoms. The number of benzene rings is 1. The van der Waals surface area contributed by atoms with Crippen LogP contribution in [-0.2, 0) is 20.8 Å². The number of hydrogen-bond donors (Lipinski definition) is 1. The summed E-state index contributed by atoms with van der Waals surface area (Å²) in [5.41, 5.74) is 2.32. The summed E-state index contributed by atoms with van der Waals surface area (Å²) in [4.78, 5) is 4.66. The number of nitrogens with zero attached hydrogens (tertiary/aromatic N) is 1. The number of aryl methyl sites for hydroxylation is 1. The van der Waals surface area contributed by atoms with Crippen molar-refractivity contribution in [3.63, 3.8) is 0 Å². The first-order chi connectivity index (χ1) is 9.63. The summed E-state index contributed by atoms with van der Waals surface area (Å²) in [5.74, 6) is 0.373. The average molecular weight is 391 g/mol. The molecule has 1 aromatic carbocycles. The van der Waals surface area contributed by atoms with Gasteiger partial charge in [-0.05, 0) is 43.2 Å². The Morgan fingerprint density at radius 1 is 1.35 bits per heavy atom. The zero-order valence-corrected chi connectivity index (χ0v) is 15.5. The van der Waals surface area contributed by atoms with Crippen molar-refractivity contribution in [3.8, 4) is 5.75 Å². The molecule has 108 valence electrons. The topological polar surface area (TPSA) is 32.6 Å². The standard InChI is InChI=1S/C15H19NO.2ClH.Zr/c1-11-5-4-6-12(14(11)17)10-16-13-9-15(13)7-2-3-8-15;;;/h4-6,10,13,17H,2-3,7-9H2,1H3;2*1H;/q;;;+2/p-2. The Kier molecular flexibility index (Phi) is 6.13. The Morgan fingerprint density at radius 2 is 2.00 bits per heavy atom. The minimum atomic E-state index is -0.826. The van der Waals surface area contributed by atoms with E-state index in [2.05, 4.69) is 4.99 Å². The zero-order valence-electron chi connectivity index (χ0n) is 11.6. The molecular formula is C15H19Cl2NOZr. The summed E-state index contributed by atoms with van der Waals surface area (Å²) in [7, 11) is 9.87. The predicted octanol–water partition coefficient (Wildman–Crippen LogP) is 4.83. The fraction of sp³-hybridized carbons (Fsp3) is 0.533. The van der Waals surface area contributed by atoms with E-state index < -0.39 is 20.8 Å². The average Bonchev–Trinajstić information content (AvgIpc) is 2.87. The third-order valence-corrected chi connectivity index (χ3v) is 4.41. The van der Waals surface area contributed by atoms with E-state index in [1.807, 2.05) is 31.3 Å². The van der Waals surface area contributed by atoms with Crippen molar-refractivity contribution in [3.05, 3.63) is 29.3 Å². The van der Waals surface area contributed by atoms with Crippen LogP contribution < -0.4 is 0 Å². The maximum atomic E-state index is 9.90. The summed E-state index contributed by atoms with van der Waals surface area (Å²) < 4.78 is 0. The second-order valence-electron chi connectivity index (χ2n) is 5.65. The van der Waals surface area contributed by atoms with Gasteiger partial charge in [0.15, 0.2) is 0 Å². The molecule has 0 aliphatic heterocycles. The molecular weight excluding hydrogens is 372 g/mol. The van der Waals surface area contributed by atoms with E-state index in [1.165, 1.54) is 32.1 Å². The number of hydrogen-bond acceptors (Lipinski definition) is 2. The molecule has 0 aromatic heterocycles. The number of para-hydroxylation sites is 1. The van der Waals surface area contributed by atoms with Gasteiger partial charge in [0.05, 0.1) is 6.04 Å². The molecule has 0 heterocycles. The molecule has 1 aromatic rings. The van der Waals surface area contributed by atoms with Crippen LogP contribution in [0.3, 0.4) is 0 Å². The molecule has 0 amide bonds. The number of aromatic hydroxyl groups is 1. The van der Waals surface area contributed by atoms with Gasteiger partial charge in [-0.15, -0.1) is 0 Å². The molecule has 2 aliphatic carbocycles. The molecule has 20 heavy (non-hydrogen) atoms.